The van der Waals surface area contributed by atoms with Gasteiger partial charge >= 0.3 is 5.97 Å². The van der Waals surface area contributed by atoms with Gasteiger partial charge in [-0.2, -0.15) is 0 Å². The van der Waals surface area contributed by atoms with Crippen molar-refractivity contribution in [3.63, 3.8) is 0 Å². The fourth-order valence-corrected chi connectivity index (χ4v) is 4.02. The Labute approximate surface area is 175 Å². The van der Waals surface area contributed by atoms with Crippen LogP contribution >= 0.6 is 0 Å². The topological polar surface area (TPSA) is 38.3 Å². The highest BCUT2D eigenvalue weighted by molar-refractivity contribution is 5.90. The predicted octanol–water partition coefficient (Wildman–Crippen LogP) is 7.03. The number of rotatable bonds is 4. The molecule has 1 aliphatic carbocycles. The summed E-state index contributed by atoms with van der Waals surface area (Å²) in [5, 5.41) is 3.62. The predicted molar refractivity (Wildman–Crippen MR) is 122 cm³/mol. The molecule has 0 aromatic heterocycles. The molecule has 0 radical (unpaired) electrons. The van der Waals surface area contributed by atoms with Gasteiger partial charge < -0.3 is 10.1 Å². The third-order valence-corrected chi connectivity index (χ3v) is 5.58. The molecule has 0 saturated heterocycles. The lowest BCUT2D eigenvalue weighted by atomic mass is 9.67. The standard InChI is InChI=1S/C26H33NO2/c1-8-29-24(28)18-9-11-19(12-10-18)27-22-16-17(2)15-21-23(22)20(25(3,4)5)13-14-26(21,6)7/h9-13,15-16,27H,8,14H2,1-7H3. The Morgan fingerprint density at radius 3 is 2.38 bits per heavy atom. The van der Waals surface area contributed by atoms with Crippen molar-refractivity contribution in [3.8, 4) is 0 Å². The summed E-state index contributed by atoms with van der Waals surface area (Å²) in [5.74, 6) is -0.285. The molecule has 0 unspecified atom stereocenters. The fourth-order valence-electron chi connectivity index (χ4n) is 4.02. The van der Waals surface area contributed by atoms with E-state index in [9.17, 15) is 4.79 Å². The third-order valence-electron chi connectivity index (χ3n) is 5.58. The van der Waals surface area contributed by atoms with Gasteiger partial charge in [0, 0.05) is 16.9 Å². The van der Waals surface area contributed by atoms with E-state index >= 15 is 0 Å². The number of aryl methyl sites for hydroxylation is 1. The van der Waals surface area contributed by atoms with Gasteiger partial charge in [0.1, 0.15) is 0 Å². The number of anilines is 2. The van der Waals surface area contributed by atoms with Crippen molar-refractivity contribution in [2.45, 2.75) is 60.3 Å². The van der Waals surface area contributed by atoms with E-state index < -0.39 is 0 Å². The van der Waals surface area contributed by atoms with Crippen molar-refractivity contribution in [3.05, 3.63) is 64.7 Å². The second-order valence-corrected chi connectivity index (χ2v) is 9.61. The van der Waals surface area contributed by atoms with Gasteiger partial charge in [0.25, 0.3) is 0 Å². The van der Waals surface area contributed by atoms with Crippen LogP contribution in [0, 0.1) is 12.3 Å². The quantitative estimate of drug-likeness (QED) is 0.569. The van der Waals surface area contributed by atoms with E-state index in [-0.39, 0.29) is 16.8 Å². The molecule has 0 spiro atoms. The maximum absolute atomic E-state index is 11.9. The lowest BCUT2D eigenvalue weighted by Crippen LogP contribution is -2.26. The molecule has 154 valence electrons. The van der Waals surface area contributed by atoms with Gasteiger partial charge in [0.05, 0.1) is 12.2 Å². The van der Waals surface area contributed by atoms with Crippen LogP contribution < -0.4 is 5.32 Å². The molecule has 0 fully saturated rings. The molecule has 0 saturated carbocycles. The molecule has 0 bridgehead atoms. The van der Waals surface area contributed by atoms with Crippen molar-refractivity contribution >= 4 is 22.9 Å². The van der Waals surface area contributed by atoms with Crippen molar-refractivity contribution < 1.29 is 9.53 Å². The van der Waals surface area contributed by atoms with E-state index in [1.165, 1.54) is 22.3 Å². The molecule has 3 nitrogen and oxygen atoms in total. The number of nitrogens with one attached hydrogen (secondary N) is 1. The Bertz CT molecular complexity index is 944. The number of benzene rings is 2. The number of ether oxygens (including phenoxy) is 1. The Hall–Kier alpha value is -2.55. The van der Waals surface area contributed by atoms with E-state index in [0.717, 1.165) is 17.8 Å². The van der Waals surface area contributed by atoms with Gasteiger partial charge in [-0.25, -0.2) is 4.79 Å². The van der Waals surface area contributed by atoms with Crippen LogP contribution in [0.15, 0.2) is 42.5 Å². The summed E-state index contributed by atoms with van der Waals surface area (Å²) in [7, 11) is 0. The summed E-state index contributed by atoms with van der Waals surface area (Å²) in [4.78, 5) is 11.9. The van der Waals surface area contributed by atoms with Crippen LogP contribution in [0.5, 0.6) is 0 Å². The van der Waals surface area contributed by atoms with Crippen LogP contribution in [0.25, 0.3) is 5.57 Å². The van der Waals surface area contributed by atoms with Gasteiger partial charge in [0.2, 0.25) is 0 Å². The highest BCUT2D eigenvalue weighted by Gasteiger charge is 2.34. The van der Waals surface area contributed by atoms with Crippen molar-refractivity contribution in [1.82, 2.24) is 0 Å². The van der Waals surface area contributed by atoms with E-state index in [1.807, 2.05) is 31.2 Å². The second kappa shape index (κ2) is 7.70. The zero-order valence-electron chi connectivity index (χ0n) is 18.8. The van der Waals surface area contributed by atoms with Gasteiger partial charge in [-0.3, -0.25) is 0 Å². The normalized spacial score (nSPS) is 15.3. The van der Waals surface area contributed by atoms with E-state index in [1.54, 1.807) is 0 Å². The molecular weight excluding hydrogens is 358 g/mol. The molecule has 0 atom stereocenters. The molecule has 1 N–H and O–H groups in total. The van der Waals surface area contributed by atoms with Gasteiger partial charge in [-0.1, -0.05) is 46.8 Å². The highest BCUT2D eigenvalue weighted by Crippen LogP contribution is 2.49. The number of allylic oxidation sites excluding steroid dienone is 2. The first-order valence-electron chi connectivity index (χ1n) is 10.4. The molecule has 3 heteroatoms. The summed E-state index contributed by atoms with van der Waals surface area (Å²) in [6.45, 7) is 15.8. The molecule has 0 aliphatic heterocycles. The minimum absolute atomic E-state index is 0.0602. The monoisotopic (exact) mass is 391 g/mol. The van der Waals surface area contributed by atoms with Crippen molar-refractivity contribution in [1.29, 1.82) is 0 Å². The maximum Gasteiger partial charge on any atom is 0.338 e. The average Bonchev–Trinajstić information content (AvgIpc) is 2.62. The number of esters is 1. The first-order valence-corrected chi connectivity index (χ1v) is 10.4. The molecule has 3 rings (SSSR count). The zero-order chi connectivity index (χ0) is 21.4. The number of carbonyl (C=O) groups is 1. The minimum Gasteiger partial charge on any atom is -0.462 e. The second-order valence-electron chi connectivity index (χ2n) is 9.61. The number of carbonyl (C=O) groups excluding carboxylic acids is 1. The molecule has 2 aromatic rings. The summed E-state index contributed by atoms with van der Waals surface area (Å²) in [6, 6.07) is 12.1. The van der Waals surface area contributed by atoms with E-state index in [2.05, 4.69) is 65.1 Å². The van der Waals surface area contributed by atoms with Gasteiger partial charge in [-0.15, -0.1) is 0 Å². The number of fused-ring (bicyclic) bond motifs is 1. The van der Waals surface area contributed by atoms with E-state index in [0.29, 0.717) is 12.2 Å². The first-order chi connectivity index (χ1) is 13.5. The minimum atomic E-state index is -0.285. The molecule has 0 amide bonds. The van der Waals surface area contributed by atoms with Crippen LogP contribution in [0.4, 0.5) is 11.4 Å². The third kappa shape index (κ3) is 4.39. The van der Waals surface area contributed by atoms with Gasteiger partial charge in [-0.05, 0) is 78.1 Å². The smallest absolute Gasteiger partial charge is 0.338 e. The van der Waals surface area contributed by atoms with Gasteiger partial charge in [0.15, 0.2) is 0 Å². The maximum atomic E-state index is 11.9. The molecule has 0 heterocycles. The fraction of sp³-hybridized carbons (Fsp3) is 0.423. The summed E-state index contributed by atoms with van der Waals surface area (Å²) in [5.41, 5.74) is 8.16. The largest absolute Gasteiger partial charge is 0.462 e. The Balaban J connectivity index is 2.04. The highest BCUT2D eigenvalue weighted by atomic mass is 16.5. The molecule has 29 heavy (non-hydrogen) atoms. The first kappa shape index (κ1) is 21.2. The SMILES string of the molecule is CCOC(=O)c1ccc(Nc2cc(C)cc3c2C(C(C)(C)C)=CCC3(C)C)cc1. The molecular formula is C26H33NO2. The molecule has 2 aromatic carbocycles. The van der Waals surface area contributed by atoms with Crippen molar-refractivity contribution in [2.75, 3.05) is 11.9 Å². The number of hydrogen-bond acceptors (Lipinski definition) is 3. The Kier molecular flexibility index (Phi) is 5.62. The molecule has 1 aliphatic rings. The van der Waals surface area contributed by atoms with Crippen LogP contribution in [0.3, 0.4) is 0 Å². The van der Waals surface area contributed by atoms with Crippen LogP contribution in [-0.4, -0.2) is 12.6 Å². The van der Waals surface area contributed by atoms with Crippen molar-refractivity contribution in [2.24, 2.45) is 5.41 Å². The van der Waals surface area contributed by atoms with E-state index in [4.69, 9.17) is 4.74 Å². The average molecular weight is 392 g/mol. The summed E-state index contributed by atoms with van der Waals surface area (Å²) in [6.07, 6.45) is 3.45. The van der Waals surface area contributed by atoms with Crippen LogP contribution in [0.1, 0.15) is 75.0 Å². The Morgan fingerprint density at radius 1 is 1.14 bits per heavy atom. The lowest BCUT2D eigenvalue weighted by molar-refractivity contribution is 0.0526. The summed E-state index contributed by atoms with van der Waals surface area (Å²) < 4.78 is 5.08. The Morgan fingerprint density at radius 2 is 1.79 bits per heavy atom. The van der Waals surface area contributed by atoms with Crippen LogP contribution in [0.2, 0.25) is 0 Å². The lowest BCUT2D eigenvalue weighted by Gasteiger charge is -2.38. The van der Waals surface area contributed by atoms with Crippen LogP contribution in [-0.2, 0) is 10.2 Å². The zero-order valence-corrected chi connectivity index (χ0v) is 18.8. The summed E-state index contributed by atoms with van der Waals surface area (Å²) >= 11 is 0. The number of hydrogen-bond donors (Lipinski definition) is 1.